The Kier molecular flexibility index (Phi) is 2.92. The smallest absolute Gasteiger partial charge is 0.0240 e. The molecular formula is C12H24N4. The third-order valence-corrected chi connectivity index (χ3v) is 4.71. The van der Waals surface area contributed by atoms with Crippen LogP contribution in [0, 0.1) is 0 Å². The van der Waals surface area contributed by atoms with E-state index in [0.717, 1.165) is 12.8 Å². The predicted octanol–water partition coefficient (Wildman–Crippen LogP) is -0.324. The summed E-state index contributed by atoms with van der Waals surface area (Å²) in [6, 6.07) is 2.81. The molecule has 0 amide bonds. The minimum atomic E-state index is 0.177. The molecule has 2 saturated carbocycles. The van der Waals surface area contributed by atoms with Crippen LogP contribution >= 0.6 is 0 Å². The van der Waals surface area contributed by atoms with Gasteiger partial charge in [0.15, 0.2) is 0 Å². The average molecular weight is 224 g/mol. The highest BCUT2D eigenvalue weighted by Gasteiger charge is 2.41. The lowest BCUT2D eigenvalue weighted by Gasteiger charge is -2.50. The zero-order valence-corrected chi connectivity index (χ0v) is 9.86. The summed E-state index contributed by atoms with van der Waals surface area (Å²) in [4.78, 5) is 0. The van der Waals surface area contributed by atoms with Crippen LogP contribution in [0.2, 0.25) is 0 Å². The maximum absolute atomic E-state index is 6.06. The predicted molar refractivity (Wildman–Crippen MR) is 65.1 cm³/mol. The number of nitrogens with one attached hydrogen (secondary N) is 2. The van der Waals surface area contributed by atoms with Crippen molar-refractivity contribution in [2.24, 2.45) is 11.5 Å². The second-order valence-electron chi connectivity index (χ2n) is 5.84. The normalized spacial score (nSPS) is 52.9. The van der Waals surface area contributed by atoms with Crippen LogP contribution in [0.5, 0.6) is 0 Å². The molecule has 0 unspecified atom stereocenters. The van der Waals surface area contributed by atoms with Gasteiger partial charge < -0.3 is 22.1 Å². The van der Waals surface area contributed by atoms with E-state index in [1.807, 2.05) is 0 Å². The molecule has 3 aliphatic rings. The summed E-state index contributed by atoms with van der Waals surface area (Å²) < 4.78 is 0. The molecule has 0 spiro atoms. The fourth-order valence-electron chi connectivity index (χ4n) is 3.71. The Labute approximate surface area is 97.5 Å². The first-order valence-electron chi connectivity index (χ1n) is 6.77. The van der Waals surface area contributed by atoms with Crippen LogP contribution in [0.4, 0.5) is 0 Å². The van der Waals surface area contributed by atoms with Crippen LogP contribution in [-0.4, -0.2) is 36.3 Å². The Morgan fingerprint density at radius 3 is 1.56 bits per heavy atom. The van der Waals surface area contributed by atoms with Gasteiger partial charge in [0.1, 0.15) is 0 Å². The Morgan fingerprint density at radius 2 is 1.12 bits per heavy atom. The van der Waals surface area contributed by atoms with E-state index in [4.69, 9.17) is 11.5 Å². The Balaban J connectivity index is 1.69. The van der Waals surface area contributed by atoms with Crippen LogP contribution in [0.15, 0.2) is 0 Å². The number of nitrogens with two attached hydrogens (primary N) is 2. The third kappa shape index (κ3) is 1.88. The molecule has 1 heterocycles. The van der Waals surface area contributed by atoms with E-state index in [-0.39, 0.29) is 12.1 Å². The molecule has 0 aromatic rings. The number of hydrogen-bond donors (Lipinski definition) is 4. The first-order chi connectivity index (χ1) is 7.74. The van der Waals surface area contributed by atoms with Crippen molar-refractivity contribution in [3.63, 3.8) is 0 Å². The molecule has 92 valence electrons. The summed E-state index contributed by atoms with van der Waals surface area (Å²) >= 11 is 0. The fourth-order valence-corrected chi connectivity index (χ4v) is 3.71. The van der Waals surface area contributed by atoms with E-state index in [1.165, 1.54) is 25.7 Å². The molecule has 3 rings (SSSR count). The molecule has 4 nitrogen and oxygen atoms in total. The quantitative estimate of drug-likeness (QED) is 0.455. The van der Waals surface area contributed by atoms with E-state index in [0.29, 0.717) is 24.2 Å². The van der Waals surface area contributed by atoms with Crippen molar-refractivity contribution >= 4 is 0 Å². The minimum absolute atomic E-state index is 0.177. The number of piperazine rings is 1. The summed E-state index contributed by atoms with van der Waals surface area (Å²) in [6.07, 6.45) is 7.45. The van der Waals surface area contributed by atoms with Gasteiger partial charge in [-0.15, -0.1) is 0 Å². The van der Waals surface area contributed by atoms with Gasteiger partial charge in [-0.2, -0.15) is 0 Å². The Bertz CT molecular complexity index is 231. The number of hydrogen-bond acceptors (Lipinski definition) is 4. The maximum atomic E-state index is 6.06. The van der Waals surface area contributed by atoms with Crippen molar-refractivity contribution in [3.05, 3.63) is 0 Å². The molecule has 6 atom stereocenters. The van der Waals surface area contributed by atoms with Crippen molar-refractivity contribution in [3.8, 4) is 0 Å². The van der Waals surface area contributed by atoms with Crippen LogP contribution in [0.1, 0.15) is 38.5 Å². The molecule has 1 saturated heterocycles. The zero-order chi connectivity index (χ0) is 11.1. The fraction of sp³-hybridized carbons (Fsp3) is 1.00. The second kappa shape index (κ2) is 4.26. The van der Waals surface area contributed by atoms with E-state index >= 15 is 0 Å². The molecule has 1 aliphatic heterocycles. The van der Waals surface area contributed by atoms with Gasteiger partial charge >= 0.3 is 0 Å². The summed E-state index contributed by atoms with van der Waals surface area (Å²) in [7, 11) is 0. The van der Waals surface area contributed by atoms with E-state index < -0.39 is 0 Å². The number of rotatable bonds is 0. The monoisotopic (exact) mass is 224 g/mol. The molecule has 0 aromatic heterocycles. The Morgan fingerprint density at radius 1 is 0.688 bits per heavy atom. The highest BCUT2D eigenvalue weighted by Crippen LogP contribution is 2.28. The van der Waals surface area contributed by atoms with E-state index in [9.17, 15) is 0 Å². The molecular weight excluding hydrogens is 200 g/mol. The van der Waals surface area contributed by atoms with Gasteiger partial charge in [0.2, 0.25) is 0 Å². The van der Waals surface area contributed by atoms with Crippen molar-refractivity contribution in [1.29, 1.82) is 0 Å². The molecule has 16 heavy (non-hydrogen) atoms. The molecule has 0 bridgehead atoms. The first-order valence-corrected chi connectivity index (χ1v) is 6.77. The molecule has 0 radical (unpaired) electrons. The lowest BCUT2D eigenvalue weighted by molar-refractivity contribution is 0.123. The van der Waals surface area contributed by atoms with Gasteiger partial charge in [0, 0.05) is 36.3 Å². The van der Waals surface area contributed by atoms with Gasteiger partial charge in [-0.3, -0.25) is 0 Å². The summed E-state index contributed by atoms with van der Waals surface area (Å²) in [5, 5.41) is 7.62. The second-order valence-corrected chi connectivity index (χ2v) is 5.84. The lowest BCUT2D eigenvalue weighted by atomic mass is 9.78. The van der Waals surface area contributed by atoms with Crippen LogP contribution in [0.25, 0.3) is 0 Å². The highest BCUT2D eigenvalue weighted by atomic mass is 15.2. The van der Waals surface area contributed by atoms with Crippen molar-refractivity contribution in [2.45, 2.75) is 74.8 Å². The van der Waals surface area contributed by atoms with Crippen LogP contribution in [0.3, 0.4) is 0 Å². The van der Waals surface area contributed by atoms with Crippen molar-refractivity contribution in [1.82, 2.24) is 10.6 Å². The maximum Gasteiger partial charge on any atom is 0.0240 e. The van der Waals surface area contributed by atoms with Gasteiger partial charge in [-0.25, -0.2) is 0 Å². The Hall–Kier alpha value is -0.160. The SMILES string of the molecule is N[C@@H]1C[C@@H]2N[C@H]3CCCC[C@H]3N[C@@H]2C[C@@H]1N. The highest BCUT2D eigenvalue weighted by molar-refractivity contribution is 5.05. The number of fused-ring (bicyclic) bond motifs is 2. The topological polar surface area (TPSA) is 76.1 Å². The molecule has 2 aliphatic carbocycles. The van der Waals surface area contributed by atoms with Gasteiger partial charge in [0.05, 0.1) is 0 Å². The van der Waals surface area contributed by atoms with E-state index in [1.54, 1.807) is 0 Å². The van der Waals surface area contributed by atoms with Crippen LogP contribution < -0.4 is 22.1 Å². The summed E-state index contributed by atoms with van der Waals surface area (Å²) in [5.41, 5.74) is 12.1. The summed E-state index contributed by atoms with van der Waals surface area (Å²) in [6.45, 7) is 0. The molecule has 6 N–H and O–H groups in total. The molecule has 4 heteroatoms. The van der Waals surface area contributed by atoms with Crippen LogP contribution in [-0.2, 0) is 0 Å². The van der Waals surface area contributed by atoms with Gasteiger partial charge in [0.25, 0.3) is 0 Å². The standard InChI is InChI=1S/C12H24N4/c13-7-5-11-12(6-8(7)14)16-10-4-2-1-3-9(10)15-11/h7-12,15-16H,1-6,13-14H2/t7-,8+,9+,10-,11+,12-. The van der Waals surface area contributed by atoms with Crippen molar-refractivity contribution < 1.29 is 0 Å². The first kappa shape index (κ1) is 11.0. The third-order valence-electron chi connectivity index (χ3n) is 4.71. The largest absolute Gasteiger partial charge is 0.326 e. The van der Waals surface area contributed by atoms with Gasteiger partial charge in [-0.1, -0.05) is 12.8 Å². The van der Waals surface area contributed by atoms with Crippen molar-refractivity contribution in [2.75, 3.05) is 0 Å². The molecule has 0 aromatic carbocycles. The molecule has 3 fully saturated rings. The lowest BCUT2D eigenvalue weighted by Crippen LogP contribution is -2.71. The van der Waals surface area contributed by atoms with E-state index in [2.05, 4.69) is 10.6 Å². The minimum Gasteiger partial charge on any atom is -0.326 e. The summed E-state index contributed by atoms with van der Waals surface area (Å²) in [5.74, 6) is 0. The van der Waals surface area contributed by atoms with Gasteiger partial charge in [-0.05, 0) is 25.7 Å². The average Bonchev–Trinajstić information content (AvgIpc) is 2.28. The zero-order valence-electron chi connectivity index (χ0n) is 9.86.